The van der Waals surface area contributed by atoms with Crippen LogP contribution in [0.15, 0.2) is 46.9 Å². The minimum Gasteiger partial charge on any atom is -0.489 e. The fraction of sp³-hybridized carbons (Fsp3) is 0.188. The summed E-state index contributed by atoms with van der Waals surface area (Å²) in [4.78, 5) is 11.8. The van der Waals surface area contributed by atoms with Gasteiger partial charge in [-0.15, -0.1) is 13.2 Å². The van der Waals surface area contributed by atoms with Gasteiger partial charge < -0.3 is 14.2 Å². The van der Waals surface area contributed by atoms with E-state index in [4.69, 9.17) is 9.47 Å². The lowest BCUT2D eigenvalue weighted by Gasteiger charge is -2.12. The maximum atomic E-state index is 12.2. The smallest absolute Gasteiger partial charge is 0.489 e. The summed E-state index contributed by atoms with van der Waals surface area (Å²) < 4.78 is 51.3. The van der Waals surface area contributed by atoms with Crippen LogP contribution in [0.3, 0.4) is 0 Å². The first-order chi connectivity index (χ1) is 11.3. The van der Waals surface area contributed by atoms with E-state index in [0.29, 0.717) is 15.6 Å². The Morgan fingerprint density at radius 3 is 2.50 bits per heavy atom. The molecule has 0 bridgehead atoms. The van der Waals surface area contributed by atoms with Crippen LogP contribution >= 0.6 is 15.9 Å². The molecule has 0 aromatic heterocycles. The Labute approximate surface area is 144 Å². The molecular weight excluding hydrogens is 393 g/mol. The van der Waals surface area contributed by atoms with Crippen LogP contribution in [0, 0.1) is 0 Å². The van der Waals surface area contributed by atoms with E-state index in [1.54, 1.807) is 18.2 Å². The molecular formula is C16H12BrF3O4. The van der Waals surface area contributed by atoms with Gasteiger partial charge >= 0.3 is 12.3 Å². The molecule has 8 heteroatoms. The average Bonchev–Trinajstić information content (AvgIpc) is 2.51. The Morgan fingerprint density at radius 2 is 1.83 bits per heavy atom. The molecule has 0 spiro atoms. The van der Waals surface area contributed by atoms with Gasteiger partial charge in [-0.05, 0) is 24.3 Å². The van der Waals surface area contributed by atoms with Crippen molar-refractivity contribution >= 4 is 21.9 Å². The molecule has 0 aliphatic heterocycles. The van der Waals surface area contributed by atoms with Gasteiger partial charge in [0, 0.05) is 16.1 Å². The van der Waals surface area contributed by atoms with Gasteiger partial charge in [0.25, 0.3) is 0 Å². The van der Waals surface area contributed by atoms with Crippen molar-refractivity contribution in [3.8, 4) is 11.5 Å². The highest BCUT2D eigenvalue weighted by Gasteiger charge is 2.31. The molecule has 0 fully saturated rings. The standard InChI is InChI=1S/C16H12BrF3O4/c1-22-15(21)14-7-11(17)6-5-10(14)9-23-12-3-2-4-13(8-12)24-16(18,19)20/h2-8H,9H2,1H3. The van der Waals surface area contributed by atoms with Crippen molar-refractivity contribution in [2.24, 2.45) is 0 Å². The topological polar surface area (TPSA) is 44.8 Å². The number of methoxy groups -OCH3 is 1. The quantitative estimate of drug-likeness (QED) is 0.676. The van der Waals surface area contributed by atoms with Crippen molar-refractivity contribution in [2.75, 3.05) is 7.11 Å². The number of hydrogen-bond donors (Lipinski definition) is 0. The number of esters is 1. The second kappa shape index (κ2) is 7.57. The molecule has 0 saturated carbocycles. The van der Waals surface area contributed by atoms with Crippen LogP contribution in [0.25, 0.3) is 0 Å². The molecule has 2 aromatic carbocycles. The third kappa shape index (κ3) is 5.16. The summed E-state index contributed by atoms with van der Waals surface area (Å²) in [5, 5.41) is 0. The normalized spacial score (nSPS) is 11.0. The van der Waals surface area contributed by atoms with Crippen LogP contribution in [0.5, 0.6) is 11.5 Å². The van der Waals surface area contributed by atoms with Crippen molar-refractivity contribution in [2.45, 2.75) is 13.0 Å². The Kier molecular flexibility index (Phi) is 5.71. The molecule has 4 nitrogen and oxygen atoms in total. The van der Waals surface area contributed by atoms with E-state index in [1.807, 2.05) is 0 Å². The number of hydrogen-bond acceptors (Lipinski definition) is 4. The third-order valence-corrected chi connectivity index (χ3v) is 3.40. The summed E-state index contributed by atoms with van der Waals surface area (Å²) in [5.41, 5.74) is 0.835. The number of benzene rings is 2. The van der Waals surface area contributed by atoms with Gasteiger partial charge in [0.15, 0.2) is 0 Å². The van der Waals surface area contributed by atoms with Gasteiger partial charge in [-0.3, -0.25) is 0 Å². The van der Waals surface area contributed by atoms with E-state index in [9.17, 15) is 18.0 Å². The monoisotopic (exact) mass is 404 g/mol. The number of carbonyl (C=O) groups is 1. The molecule has 0 unspecified atom stereocenters. The molecule has 2 aromatic rings. The van der Waals surface area contributed by atoms with E-state index >= 15 is 0 Å². The molecule has 0 amide bonds. The maximum Gasteiger partial charge on any atom is 0.573 e. The Bertz CT molecular complexity index is 732. The first-order valence-electron chi connectivity index (χ1n) is 6.64. The van der Waals surface area contributed by atoms with Gasteiger partial charge in [-0.2, -0.15) is 0 Å². The summed E-state index contributed by atoms with van der Waals surface area (Å²) in [6.07, 6.45) is -4.78. The fourth-order valence-electron chi connectivity index (χ4n) is 1.90. The molecule has 0 aliphatic carbocycles. The van der Waals surface area contributed by atoms with Gasteiger partial charge in [-0.25, -0.2) is 4.79 Å². The highest BCUT2D eigenvalue weighted by atomic mass is 79.9. The van der Waals surface area contributed by atoms with Gasteiger partial charge in [0.1, 0.15) is 18.1 Å². The third-order valence-electron chi connectivity index (χ3n) is 2.91. The summed E-state index contributed by atoms with van der Waals surface area (Å²) in [6, 6.07) is 10.1. The Morgan fingerprint density at radius 1 is 1.12 bits per heavy atom. The van der Waals surface area contributed by atoms with Gasteiger partial charge in [0.2, 0.25) is 0 Å². The zero-order valence-electron chi connectivity index (χ0n) is 12.4. The molecule has 128 valence electrons. The molecule has 24 heavy (non-hydrogen) atoms. The Balaban J connectivity index is 2.14. The number of rotatable bonds is 5. The minimum atomic E-state index is -4.78. The zero-order valence-corrected chi connectivity index (χ0v) is 14.0. The highest BCUT2D eigenvalue weighted by molar-refractivity contribution is 9.10. The maximum absolute atomic E-state index is 12.2. The zero-order chi connectivity index (χ0) is 17.7. The first-order valence-corrected chi connectivity index (χ1v) is 7.43. The van der Waals surface area contributed by atoms with Crippen LogP contribution < -0.4 is 9.47 Å². The van der Waals surface area contributed by atoms with Gasteiger partial charge in [0.05, 0.1) is 12.7 Å². The molecule has 0 radical (unpaired) electrons. The minimum absolute atomic E-state index is 0.0207. The molecule has 0 saturated heterocycles. The van der Waals surface area contributed by atoms with Crippen molar-refractivity contribution in [1.29, 1.82) is 0 Å². The molecule has 2 rings (SSSR count). The first kappa shape index (κ1) is 18.1. The van der Waals surface area contributed by atoms with E-state index in [-0.39, 0.29) is 18.1 Å². The van der Waals surface area contributed by atoms with Crippen LogP contribution in [-0.2, 0) is 11.3 Å². The average molecular weight is 405 g/mol. The fourth-order valence-corrected chi connectivity index (χ4v) is 2.26. The summed E-state index contributed by atoms with van der Waals surface area (Å²) >= 11 is 3.26. The molecule has 0 atom stereocenters. The number of ether oxygens (including phenoxy) is 3. The lowest BCUT2D eigenvalue weighted by molar-refractivity contribution is -0.274. The van der Waals surface area contributed by atoms with Crippen LogP contribution in [0.1, 0.15) is 15.9 Å². The van der Waals surface area contributed by atoms with Crippen molar-refractivity contribution in [1.82, 2.24) is 0 Å². The second-order valence-corrected chi connectivity index (χ2v) is 5.52. The van der Waals surface area contributed by atoms with Gasteiger partial charge in [-0.1, -0.05) is 28.1 Å². The molecule has 0 heterocycles. The van der Waals surface area contributed by atoms with Crippen LogP contribution in [0.4, 0.5) is 13.2 Å². The van der Waals surface area contributed by atoms with E-state index < -0.39 is 12.3 Å². The highest BCUT2D eigenvalue weighted by Crippen LogP contribution is 2.27. The largest absolute Gasteiger partial charge is 0.573 e. The van der Waals surface area contributed by atoms with E-state index in [1.165, 1.54) is 25.3 Å². The van der Waals surface area contributed by atoms with Crippen LogP contribution in [-0.4, -0.2) is 19.4 Å². The SMILES string of the molecule is COC(=O)c1cc(Br)ccc1COc1cccc(OC(F)(F)F)c1. The predicted octanol–water partition coefficient (Wildman–Crippen LogP) is 4.71. The van der Waals surface area contributed by atoms with E-state index in [0.717, 1.165) is 6.07 Å². The molecule has 0 aliphatic rings. The lowest BCUT2D eigenvalue weighted by Crippen LogP contribution is -2.17. The van der Waals surface area contributed by atoms with Crippen molar-refractivity contribution in [3.05, 3.63) is 58.1 Å². The molecule has 0 N–H and O–H groups in total. The summed E-state index contributed by atoms with van der Waals surface area (Å²) in [5.74, 6) is -0.747. The lowest BCUT2D eigenvalue weighted by atomic mass is 10.1. The summed E-state index contributed by atoms with van der Waals surface area (Å²) in [7, 11) is 1.26. The van der Waals surface area contributed by atoms with Crippen molar-refractivity contribution in [3.63, 3.8) is 0 Å². The van der Waals surface area contributed by atoms with E-state index in [2.05, 4.69) is 20.7 Å². The number of alkyl halides is 3. The predicted molar refractivity (Wildman–Crippen MR) is 82.9 cm³/mol. The van der Waals surface area contributed by atoms with Crippen LogP contribution in [0.2, 0.25) is 0 Å². The summed E-state index contributed by atoms with van der Waals surface area (Å²) in [6.45, 7) is -0.0207. The van der Waals surface area contributed by atoms with Crippen molar-refractivity contribution < 1.29 is 32.2 Å². The second-order valence-electron chi connectivity index (χ2n) is 4.60. The Hall–Kier alpha value is -2.22. The number of halogens is 4. The number of carbonyl (C=O) groups excluding carboxylic acids is 1.